The summed E-state index contributed by atoms with van der Waals surface area (Å²) in [6.07, 6.45) is 4.62. The van der Waals surface area contributed by atoms with Crippen molar-refractivity contribution in [2.75, 3.05) is 12.4 Å². The molecule has 2 rings (SSSR count). The van der Waals surface area contributed by atoms with Gasteiger partial charge < -0.3 is 14.6 Å². The molecule has 1 aromatic carbocycles. The van der Waals surface area contributed by atoms with Crippen LogP contribution in [0.5, 0.6) is 0 Å². The van der Waals surface area contributed by atoms with E-state index in [2.05, 4.69) is 15.0 Å². The lowest BCUT2D eigenvalue weighted by atomic mass is 10.1. The van der Waals surface area contributed by atoms with E-state index in [0.717, 1.165) is 0 Å². The number of nitrogens with zero attached hydrogens (tertiary/aromatic N) is 2. The van der Waals surface area contributed by atoms with Gasteiger partial charge in [-0.25, -0.2) is 9.37 Å². The number of hydrogen-bond donors (Lipinski definition) is 1. The largest absolute Gasteiger partial charge is 0.469 e. The molecule has 116 valence electrons. The van der Waals surface area contributed by atoms with Crippen LogP contribution in [-0.2, 0) is 14.3 Å². The first-order valence-corrected chi connectivity index (χ1v) is 6.67. The Morgan fingerprint density at radius 3 is 2.82 bits per heavy atom. The Morgan fingerprint density at radius 2 is 2.23 bits per heavy atom. The maximum absolute atomic E-state index is 14.0. The minimum absolute atomic E-state index is 0.0302. The molecule has 1 N–H and O–H groups in total. The van der Waals surface area contributed by atoms with Crippen molar-refractivity contribution in [3.8, 4) is 5.69 Å². The number of hydrogen-bond acceptors (Lipinski definition) is 4. The number of halogens is 1. The molecule has 0 aliphatic carbocycles. The molecule has 2 aromatic rings. The van der Waals surface area contributed by atoms with Crippen LogP contribution in [0.2, 0.25) is 0 Å². The number of imidazole rings is 1. The average Bonchev–Trinajstić information content (AvgIpc) is 3.00. The van der Waals surface area contributed by atoms with Crippen molar-refractivity contribution in [1.29, 1.82) is 0 Å². The summed E-state index contributed by atoms with van der Waals surface area (Å²) in [6.45, 7) is 1.59. The van der Waals surface area contributed by atoms with Gasteiger partial charge in [-0.3, -0.25) is 9.59 Å². The first kappa shape index (κ1) is 15.7. The number of carbonyl (C=O) groups is 2. The van der Waals surface area contributed by atoms with Gasteiger partial charge in [0.25, 0.3) is 0 Å². The summed E-state index contributed by atoms with van der Waals surface area (Å²) in [4.78, 5) is 26.9. The van der Waals surface area contributed by atoms with Crippen molar-refractivity contribution in [3.63, 3.8) is 0 Å². The maximum atomic E-state index is 14.0. The smallest absolute Gasteiger partial charge is 0.308 e. The number of nitrogens with one attached hydrogen (secondary N) is 1. The number of benzene rings is 1. The van der Waals surface area contributed by atoms with E-state index >= 15 is 0 Å². The second-order valence-corrected chi connectivity index (χ2v) is 4.81. The molecule has 6 nitrogen and oxygen atoms in total. The van der Waals surface area contributed by atoms with E-state index in [1.165, 1.54) is 30.1 Å². The Hall–Kier alpha value is -2.70. The van der Waals surface area contributed by atoms with E-state index in [9.17, 15) is 14.0 Å². The fourth-order valence-corrected chi connectivity index (χ4v) is 1.97. The first-order valence-electron chi connectivity index (χ1n) is 6.67. The van der Waals surface area contributed by atoms with Crippen molar-refractivity contribution in [3.05, 3.63) is 42.7 Å². The molecule has 1 aromatic heterocycles. The Morgan fingerprint density at radius 1 is 1.45 bits per heavy atom. The summed E-state index contributed by atoms with van der Waals surface area (Å²) in [5.41, 5.74) is 0.654. The van der Waals surface area contributed by atoms with Crippen LogP contribution in [-0.4, -0.2) is 28.5 Å². The van der Waals surface area contributed by atoms with Gasteiger partial charge in [0.2, 0.25) is 5.91 Å². The highest BCUT2D eigenvalue weighted by Gasteiger charge is 2.17. The average molecular weight is 305 g/mol. The third-order valence-electron chi connectivity index (χ3n) is 3.11. The zero-order valence-corrected chi connectivity index (χ0v) is 12.2. The predicted molar refractivity (Wildman–Crippen MR) is 77.9 cm³/mol. The van der Waals surface area contributed by atoms with Gasteiger partial charge in [0, 0.05) is 24.5 Å². The Kier molecular flexibility index (Phi) is 4.88. The van der Waals surface area contributed by atoms with Crippen molar-refractivity contribution in [2.45, 2.75) is 13.3 Å². The third kappa shape index (κ3) is 3.69. The number of carbonyl (C=O) groups excluding carboxylic acids is 2. The minimum Gasteiger partial charge on any atom is -0.469 e. The Labute approximate surface area is 126 Å². The molecular formula is C15H16FN3O3. The Bertz CT molecular complexity index is 671. The van der Waals surface area contributed by atoms with E-state index in [4.69, 9.17) is 0 Å². The van der Waals surface area contributed by atoms with E-state index in [-0.39, 0.29) is 12.3 Å². The highest BCUT2D eigenvalue weighted by molar-refractivity contribution is 5.93. The van der Waals surface area contributed by atoms with Crippen LogP contribution in [0.1, 0.15) is 13.3 Å². The summed E-state index contributed by atoms with van der Waals surface area (Å²) < 4.78 is 20.1. The highest BCUT2D eigenvalue weighted by Crippen LogP contribution is 2.18. The van der Waals surface area contributed by atoms with Gasteiger partial charge in [0.15, 0.2) is 0 Å². The molecule has 7 heteroatoms. The number of methoxy groups -OCH3 is 1. The summed E-state index contributed by atoms with van der Waals surface area (Å²) in [5.74, 6) is -1.89. The lowest BCUT2D eigenvalue weighted by molar-refractivity contribution is -0.146. The van der Waals surface area contributed by atoms with Crippen molar-refractivity contribution in [1.82, 2.24) is 9.55 Å². The molecule has 0 bridgehead atoms. The van der Waals surface area contributed by atoms with Gasteiger partial charge in [-0.05, 0) is 18.2 Å². The molecule has 22 heavy (non-hydrogen) atoms. The molecule has 0 saturated heterocycles. The molecule has 1 unspecified atom stereocenters. The van der Waals surface area contributed by atoms with Gasteiger partial charge in [0.05, 0.1) is 25.0 Å². The lowest BCUT2D eigenvalue weighted by Crippen LogP contribution is -2.21. The monoisotopic (exact) mass is 305 g/mol. The maximum Gasteiger partial charge on any atom is 0.308 e. The molecule has 1 amide bonds. The molecule has 0 spiro atoms. The molecule has 0 fully saturated rings. The number of esters is 1. The van der Waals surface area contributed by atoms with Gasteiger partial charge in [-0.2, -0.15) is 0 Å². The quantitative estimate of drug-likeness (QED) is 0.859. The summed E-state index contributed by atoms with van der Waals surface area (Å²) in [6, 6.07) is 4.34. The predicted octanol–water partition coefficient (Wildman–Crippen LogP) is 2.15. The van der Waals surface area contributed by atoms with Gasteiger partial charge in [-0.15, -0.1) is 0 Å². The normalized spacial score (nSPS) is 11.8. The van der Waals surface area contributed by atoms with Crippen LogP contribution in [0.4, 0.5) is 10.1 Å². The zero-order chi connectivity index (χ0) is 16.1. The second-order valence-electron chi connectivity index (χ2n) is 4.81. The number of rotatable bonds is 5. The van der Waals surface area contributed by atoms with Crippen LogP contribution in [0, 0.1) is 11.7 Å². The Balaban J connectivity index is 2.03. The van der Waals surface area contributed by atoms with Crippen molar-refractivity contribution >= 4 is 17.6 Å². The van der Waals surface area contributed by atoms with Crippen LogP contribution in [0.3, 0.4) is 0 Å². The number of ether oxygens (including phenoxy) is 1. The lowest BCUT2D eigenvalue weighted by Gasteiger charge is -2.11. The van der Waals surface area contributed by atoms with E-state index < -0.39 is 17.7 Å². The molecule has 0 radical (unpaired) electrons. The van der Waals surface area contributed by atoms with Crippen LogP contribution >= 0.6 is 0 Å². The van der Waals surface area contributed by atoms with Crippen molar-refractivity contribution in [2.24, 2.45) is 5.92 Å². The summed E-state index contributed by atoms with van der Waals surface area (Å²) in [5, 5.41) is 2.55. The summed E-state index contributed by atoms with van der Waals surface area (Å²) >= 11 is 0. The van der Waals surface area contributed by atoms with Crippen LogP contribution < -0.4 is 5.32 Å². The summed E-state index contributed by atoms with van der Waals surface area (Å²) in [7, 11) is 1.26. The standard InChI is InChI=1S/C15H16FN3O3/c1-10(15(21)22-2)7-14(20)18-11-3-4-13(12(16)8-11)19-6-5-17-9-19/h3-6,8-10H,7H2,1-2H3,(H,18,20). The molecule has 0 aliphatic rings. The first-order chi connectivity index (χ1) is 10.5. The van der Waals surface area contributed by atoms with Crippen molar-refractivity contribution < 1.29 is 18.7 Å². The fraction of sp³-hybridized carbons (Fsp3) is 0.267. The third-order valence-corrected chi connectivity index (χ3v) is 3.11. The highest BCUT2D eigenvalue weighted by atomic mass is 19.1. The number of anilines is 1. The van der Waals surface area contributed by atoms with Crippen LogP contribution in [0.15, 0.2) is 36.9 Å². The van der Waals surface area contributed by atoms with E-state index in [1.807, 2.05) is 0 Å². The SMILES string of the molecule is COC(=O)C(C)CC(=O)Nc1ccc(-n2ccnc2)c(F)c1. The molecule has 1 atom stereocenters. The van der Waals surface area contributed by atoms with Gasteiger partial charge >= 0.3 is 5.97 Å². The topological polar surface area (TPSA) is 73.2 Å². The second kappa shape index (κ2) is 6.84. The minimum atomic E-state index is -0.555. The molecular weight excluding hydrogens is 289 g/mol. The number of aromatic nitrogens is 2. The van der Waals surface area contributed by atoms with E-state index in [1.54, 1.807) is 25.4 Å². The van der Waals surface area contributed by atoms with Gasteiger partial charge in [0.1, 0.15) is 5.82 Å². The van der Waals surface area contributed by atoms with E-state index in [0.29, 0.717) is 11.4 Å². The molecule has 1 heterocycles. The van der Waals surface area contributed by atoms with Crippen LogP contribution in [0.25, 0.3) is 5.69 Å². The van der Waals surface area contributed by atoms with Gasteiger partial charge in [-0.1, -0.05) is 6.92 Å². The number of amides is 1. The molecule has 0 aliphatic heterocycles. The fourth-order valence-electron chi connectivity index (χ4n) is 1.97. The zero-order valence-electron chi connectivity index (χ0n) is 12.2. The molecule has 0 saturated carbocycles.